The summed E-state index contributed by atoms with van der Waals surface area (Å²) in [5, 5.41) is 32.5. The highest BCUT2D eigenvalue weighted by atomic mass is 19.4. The van der Waals surface area contributed by atoms with E-state index >= 15 is 0 Å². The Morgan fingerprint density at radius 1 is 1.07 bits per heavy atom. The number of carbonyl (C=O) groups is 2. The van der Waals surface area contributed by atoms with Gasteiger partial charge in [0, 0.05) is 45.2 Å². The molecule has 44 heavy (non-hydrogen) atoms. The lowest BCUT2D eigenvalue weighted by molar-refractivity contribution is -0.144. The minimum Gasteiger partial charge on any atom is -0.394 e. The number of aromatic nitrogens is 2. The Labute approximate surface area is 254 Å². The van der Waals surface area contributed by atoms with Gasteiger partial charge in [-0.15, -0.1) is 0 Å². The number of anilines is 2. The fourth-order valence-electron chi connectivity index (χ4n) is 5.37. The number of nitriles is 1. The summed E-state index contributed by atoms with van der Waals surface area (Å²) in [7, 11) is 0. The first-order chi connectivity index (χ1) is 21.1. The van der Waals surface area contributed by atoms with Gasteiger partial charge < -0.3 is 30.6 Å². The molecule has 0 unspecified atom stereocenters. The molecule has 1 aromatic heterocycles. The summed E-state index contributed by atoms with van der Waals surface area (Å²) in [6, 6.07) is 9.99. The number of carbonyl (C=O) groups excluding carboxylic acids is 2. The molecule has 2 saturated heterocycles. The SMILES string of the molecule is N#Cc1ccc(CCNC(=O)[C@@H]2CCN2c2cc(N3CCC(CCCC(=O)NC[C@@H](O)CO)CC3)nc(C(F)(F)F)n2)cc1. The molecule has 1 aromatic carbocycles. The van der Waals surface area contributed by atoms with Crippen molar-refractivity contribution in [3.8, 4) is 6.07 Å². The van der Waals surface area contributed by atoms with Crippen LogP contribution in [0, 0.1) is 17.2 Å². The second-order valence-electron chi connectivity index (χ2n) is 11.2. The van der Waals surface area contributed by atoms with Gasteiger partial charge in [-0.2, -0.15) is 18.4 Å². The van der Waals surface area contributed by atoms with Crippen LogP contribution in [-0.2, 0) is 22.2 Å². The monoisotopic (exact) mass is 617 g/mol. The van der Waals surface area contributed by atoms with Crippen LogP contribution in [0.1, 0.15) is 55.5 Å². The van der Waals surface area contributed by atoms with E-state index in [1.54, 1.807) is 17.0 Å². The predicted octanol–water partition coefficient (Wildman–Crippen LogP) is 2.16. The summed E-state index contributed by atoms with van der Waals surface area (Å²) in [4.78, 5) is 35.8. The number of piperidine rings is 1. The number of aliphatic hydroxyl groups is 2. The molecule has 0 radical (unpaired) electrons. The molecule has 2 aliphatic rings. The Morgan fingerprint density at radius 3 is 2.39 bits per heavy atom. The van der Waals surface area contributed by atoms with E-state index in [1.165, 1.54) is 6.07 Å². The number of hydrogen-bond acceptors (Lipinski definition) is 9. The van der Waals surface area contributed by atoms with Gasteiger partial charge in [0.1, 0.15) is 17.7 Å². The van der Waals surface area contributed by atoms with Gasteiger partial charge in [-0.25, -0.2) is 9.97 Å². The van der Waals surface area contributed by atoms with Crippen LogP contribution in [0.15, 0.2) is 30.3 Å². The number of hydrogen-bond donors (Lipinski definition) is 4. The molecule has 0 spiro atoms. The van der Waals surface area contributed by atoms with Crippen molar-refractivity contribution in [2.75, 3.05) is 49.1 Å². The number of nitrogens with zero attached hydrogens (tertiary/aromatic N) is 5. The molecule has 4 N–H and O–H groups in total. The largest absolute Gasteiger partial charge is 0.451 e. The third-order valence-electron chi connectivity index (χ3n) is 8.07. The van der Waals surface area contributed by atoms with Crippen molar-refractivity contribution in [3.63, 3.8) is 0 Å². The van der Waals surface area contributed by atoms with E-state index in [1.807, 2.05) is 17.0 Å². The van der Waals surface area contributed by atoms with Gasteiger partial charge in [0.15, 0.2) is 0 Å². The zero-order chi connectivity index (χ0) is 31.7. The van der Waals surface area contributed by atoms with E-state index in [9.17, 15) is 27.9 Å². The van der Waals surface area contributed by atoms with Crippen LogP contribution in [0.2, 0.25) is 0 Å². The van der Waals surface area contributed by atoms with Crippen LogP contribution in [0.5, 0.6) is 0 Å². The maximum Gasteiger partial charge on any atom is 0.451 e. The van der Waals surface area contributed by atoms with Crippen molar-refractivity contribution in [2.24, 2.45) is 5.92 Å². The molecule has 4 rings (SSSR count). The lowest BCUT2D eigenvalue weighted by Gasteiger charge is -2.41. The van der Waals surface area contributed by atoms with Gasteiger partial charge in [0.2, 0.25) is 17.6 Å². The number of aliphatic hydroxyl groups excluding tert-OH is 2. The summed E-state index contributed by atoms with van der Waals surface area (Å²) in [6.45, 7) is 1.34. The minimum atomic E-state index is -4.75. The minimum absolute atomic E-state index is 0.00269. The molecule has 11 nitrogen and oxygen atoms in total. The summed E-state index contributed by atoms with van der Waals surface area (Å²) >= 11 is 0. The molecule has 14 heteroatoms. The molecule has 2 fully saturated rings. The highest BCUT2D eigenvalue weighted by molar-refractivity contribution is 5.86. The van der Waals surface area contributed by atoms with Crippen LogP contribution < -0.4 is 20.4 Å². The quantitative estimate of drug-likeness (QED) is 0.265. The number of rotatable bonds is 13. The molecule has 2 amide bonds. The Hall–Kier alpha value is -3.96. The van der Waals surface area contributed by atoms with Crippen molar-refractivity contribution in [3.05, 3.63) is 47.3 Å². The number of halogens is 3. The van der Waals surface area contributed by atoms with Crippen molar-refractivity contribution in [1.29, 1.82) is 5.26 Å². The summed E-state index contributed by atoms with van der Waals surface area (Å²) in [5.41, 5.74) is 1.50. The smallest absolute Gasteiger partial charge is 0.394 e. The van der Waals surface area contributed by atoms with Crippen LogP contribution in [0.25, 0.3) is 0 Å². The van der Waals surface area contributed by atoms with Crippen LogP contribution in [0.3, 0.4) is 0 Å². The first-order valence-electron chi connectivity index (χ1n) is 14.9. The van der Waals surface area contributed by atoms with E-state index in [0.717, 1.165) is 24.8 Å². The third-order valence-corrected chi connectivity index (χ3v) is 8.07. The Morgan fingerprint density at radius 2 is 1.77 bits per heavy atom. The first-order valence-corrected chi connectivity index (χ1v) is 14.9. The fraction of sp³-hybridized carbons (Fsp3) is 0.567. The Bertz CT molecular complexity index is 1310. The maximum absolute atomic E-state index is 13.8. The van der Waals surface area contributed by atoms with E-state index in [2.05, 4.69) is 26.7 Å². The molecular formula is C30H38F3N7O4. The van der Waals surface area contributed by atoms with Crippen molar-refractivity contribution < 1.29 is 33.0 Å². The van der Waals surface area contributed by atoms with Gasteiger partial charge in [-0.05, 0) is 62.1 Å². The highest BCUT2D eigenvalue weighted by Crippen LogP contribution is 2.34. The zero-order valence-electron chi connectivity index (χ0n) is 24.4. The van der Waals surface area contributed by atoms with Crippen LogP contribution in [-0.4, -0.2) is 83.5 Å². The number of benzene rings is 1. The maximum atomic E-state index is 13.8. The molecule has 238 valence electrons. The lowest BCUT2D eigenvalue weighted by Crippen LogP contribution is -2.57. The van der Waals surface area contributed by atoms with Gasteiger partial charge in [0.25, 0.3) is 0 Å². The van der Waals surface area contributed by atoms with Crippen molar-refractivity contribution in [2.45, 2.75) is 63.3 Å². The summed E-state index contributed by atoms with van der Waals surface area (Å²) in [5.74, 6) is -1.16. The molecule has 0 aliphatic carbocycles. The van der Waals surface area contributed by atoms with Gasteiger partial charge in [-0.1, -0.05) is 12.1 Å². The molecule has 0 saturated carbocycles. The lowest BCUT2D eigenvalue weighted by atomic mass is 9.91. The van der Waals surface area contributed by atoms with Gasteiger partial charge >= 0.3 is 6.18 Å². The zero-order valence-corrected chi connectivity index (χ0v) is 24.4. The van der Waals surface area contributed by atoms with Crippen molar-refractivity contribution in [1.82, 2.24) is 20.6 Å². The standard InChI is InChI=1S/C30H38F3N7O4/c31-30(32,33)29-37-25(39-13-9-20(10-14-39)2-1-3-27(43)36-18-23(42)19-41)16-26(38-29)40-15-11-24(40)28(44)35-12-8-21-4-6-22(17-34)7-5-21/h4-7,16,20,23-24,41-42H,1-3,8-15,18-19H2,(H,35,44)(H,36,43)/t23-,24+/m1/s1. The molecule has 2 aliphatic heterocycles. The third kappa shape index (κ3) is 9.03. The van der Waals surface area contributed by atoms with Gasteiger partial charge in [0.05, 0.1) is 24.3 Å². The van der Waals surface area contributed by atoms with Gasteiger partial charge in [-0.3, -0.25) is 9.59 Å². The molecule has 2 aromatic rings. The van der Waals surface area contributed by atoms with E-state index in [4.69, 9.17) is 10.4 Å². The molecule has 0 bridgehead atoms. The number of nitrogens with one attached hydrogen (secondary N) is 2. The van der Waals surface area contributed by atoms with E-state index in [0.29, 0.717) is 63.3 Å². The second-order valence-corrected chi connectivity index (χ2v) is 11.2. The number of amides is 2. The fourth-order valence-corrected chi connectivity index (χ4v) is 5.37. The summed E-state index contributed by atoms with van der Waals surface area (Å²) < 4.78 is 41.4. The van der Waals surface area contributed by atoms with Crippen molar-refractivity contribution >= 4 is 23.5 Å². The Balaban J connectivity index is 1.31. The average molecular weight is 618 g/mol. The first kappa shape index (κ1) is 32.9. The molecule has 3 heterocycles. The number of alkyl halides is 3. The molecule has 2 atom stereocenters. The van der Waals surface area contributed by atoms with Crippen LogP contribution in [0.4, 0.5) is 24.8 Å². The normalized spacial score (nSPS) is 17.9. The van der Waals surface area contributed by atoms with E-state index in [-0.39, 0.29) is 30.0 Å². The highest BCUT2D eigenvalue weighted by Gasteiger charge is 2.40. The predicted molar refractivity (Wildman–Crippen MR) is 156 cm³/mol. The topological polar surface area (TPSA) is 155 Å². The van der Waals surface area contributed by atoms with E-state index < -0.39 is 30.8 Å². The summed E-state index contributed by atoms with van der Waals surface area (Å²) in [6.07, 6.45) is -1.48. The average Bonchev–Trinajstić information content (AvgIpc) is 2.99. The second kappa shape index (κ2) is 15.2. The Kier molecular flexibility index (Phi) is 11.4. The van der Waals surface area contributed by atoms with Crippen LogP contribution >= 0.6 is 0 Å². The molecular weight excluding hydrogens is 579 g/mol.